The number of anilines is 1. The highest BCUT2D eigenvalue weighted by Crippen LogP contribution is 2.30. The molecular formula is C18H26N2O. The van der Waals surface area contributed by atoms with Crippen LogP contribution in [0, 0.1) is 5.92 Å². The maximum atomic E-state index is 12.8. The lowest BCUT2D eigenvalue weighted by atomic mass is 10.00. The van der Waals surface area contributed by atoms with E-state index in [0.717, 1.165) is 37.9 Å². The van der Waals surface area contributed by atoms with E-state index >= 15 is 0 Å². The summed E-state index contributed by atoms with van der Waals surface area (Å²) in [6, 6.07) is 6.67. The summed E-state index contributed by atoms with van der Waals surface area (Å²) in [5.41, 5.74) is 3.37. The van der Waals surface area contributed by atoms with E-state index in [0.29, 0.717) is 12.0 Å². The highest BCUT2D eigenvalue weighted by atomic mass is 16.2. The molecule has 1 N–H and O–H groups in total. The van der Waals surface area contributed by atoms with Crippen molar-refractivity contribution in [2.45, 2.75) is 52.0 Å². The molecule has 114 valence electrons. The minimum absolute atomic E-state index is 0.228. The SMILES string of the molecule is CC(C)CCN(C(=O)c1ccc2c(c1)CCCN2)C1CC1. The molecule has 1 aromatic rings. The van der Waals surface area contributed by atoms with Crippen molar-refractivity contribution in [1.29, 1.82) is 0 Å². The van der Waals surface area contributed by atoms with Crippen molar-refractivity contribution in [2.24, 2.45) is 5.92 Å². The third kappa shape index (κ3) is 3.39. The molecule has 0 spiro atoms. The van der Waals surface area contributed by atoms with Crippen molar-refractivity contribution < 1.29 is 4.79 Å². The van der Waals surface area contributed by atoms with Crippen LogP contribution in [0.15, 0.2) is 18.2 Å². The first kappa shape index (κ1) is 14.4. The second-order valence-electron chi connectivity index (χ2n) is 6.81. The Morgan fingerprint density at radius 2 is 2.19 bits per heavy atom. The van der Waals surface area contributed by atoms with Crippen molar-refractivity contribution in [3.8, 4) is 0 Å². The quantitative estimate of drug-likeness (QED) is 0.895. The van der Waals surface area contributed by atoms with Crippen LogP contribution in [-0.4, -0.2) is 29.9 Å². The second kappa shape index (κ2) is 6.08. The average Bonchev–Trinajstić information content (AvgIpc) is 3.31. The molecule has 21 heavy (non-hydrogen) atoms. The van der Waals surface area contributed by atoms with Crippen molar-refractivity contribution >= 4 is 11.6 Å². The van der Waals surface area contributed by atoms with Gasteiger partial charge in [0.15, 0.2) is 0 Å². The maximum Gasteiger partial charge on any atom is 0.254 e. The van der Waals surface area contributed by atoms with E-state index in [1.165, 1.54) is 24.1 Å². The molecule has 1 amide bonds. The first-order chi connectivity index (χ1) is 10.1. The van der Waals surface area contributed by atoms with Gasteiger partial charge >= 0.3 is 0 Å². The van der Waals surface area contributed by atoms with E-state index < -0.39 is 0 Å². The number of benzene rings is 1. The summed E-state index contributed by atoms with van der Waals surface area (Å²) in [4.78, 5) is 14.9. The molecule has 3 rings (SSSR count). The van der Waals surface area contributed by atoms with Crippen LogP contribution in [0.1, 0.15) is 55.5 Å². The van der Waals surface area contributed by atoms with Gasteiger partial charge in [0, 0.05) is 30.4 Å². The lowest BCUT2D eigenvalue weighted by molar-refractivity contribution is 0.0735. The Morgan fingerprint density at radius 1 is 1.38 bits per heavy atom. The molecule has 3 heteroatoms. The Morgan fingerprint density at radius 3 is 2.90 bits per heavy atom. The van der Waals surface area contributed by atoms with Gasteiger partial charge in [0.2, 0.25) is 0 Å². The molecule has 0 aromatic heterocycles. The van der Waals surface area contributed by atoms with Crippen LogP contribution in [0.3, 0.4) is 0 Å². The molecule has 1 fully saturated rings. The van der Waals surface area contributed by atoms with E-state index in [4.69, 9.17) is 0 Å². The van der Waals surface area contributed by atoms with Gasteiger partial charge in [-0.25, -0.2) is 0 Å². The van der Waals surface area contributed by atoms with Crippen molar-refractivity contribution in [3.63, 3.8) is 0 Å². The van der Waals surface area contributed by atoms with Gasteiger partial charge in [0.25, 0.3) is 5.91 Å². The number of aryl methyl sites for hydroxylation is 1. The Hall–Kier alpha value is -1.51. The number of nitrogens with one attached hydrogen (secondary N) is 1. The van der Waals surface area contributed by atoms with E-state index in [-0.39, 0.29) is 5.91 Å². The summed E-state index contributed by atoms with van der Waals surface area (Å²) >= 11 is 0. The lowest BCUT2D eigenvalue weighted by Gasteiger charge is -2.25. The molecule has 0 bridgehead atoms. The van der Waals surface area contributed by atoms with Gasteiger partial charge in [0.05, 0.1) is 0 Å². The van der Waals surface area contributed by atoms with Gasteiger partial charge in [-0.05, 0) is 61.8 Å². The van der Waals surface area contributed by atoms with Gasteiger partial charge in [-0.1, -0.05) is 13.8 Å². The van der Waals surface area contributed by atoms with E-state index in [9.17, 15) is 4.79 Å². The largest absolute Gasteiger partial charge is 0.385 e. The number of carbonyl (C=O) groups is 1. The molecule has 0 atom stereocenters. The molecule has 1 saturated carbocycles. The molecular weight excluding hydrogens is 260 g/mol. The van der Waals surface area contributed by atoms with Gasteiger partial charge < -0.3 is 10.2 Å². The van der Waals surface area contributed by atoms with Crippen LogP contribution in [0.5, 0.6) is 0 Å². The Kier molecular flexibility index (Phi) is 4.18. The van der Waals surface area contributed by atoms with Crippen LogP contribution < -0.4 is 5.32 Å². The van der Waals surface area contributed by atoms with E-state index in [1.54, 1.807) is 0 Å². The van der Waals surface area contributed by atoms with E-state index in [1.807, 2.05) is 6.07 Å². The molecule has 1 aliphatic carbocycles. The summed E-state index contributed by atoms with van der Waals surface area (Å²) in [5, 5.41) is 3.41. The normalized spacial score (nSPS) is 17.3. The number of carbonyl (C=O) groups excluding carboxylic acids is 1. The molecule has 1 heterocycles. The third-order valence-corrected chi connectivity index (χ3v) is 4.49. The smallest absolute Gasteiger partial charge is 0.254 e. The van der Waals surface area contributed by atoms with E-state index in [2.05, 4.69) is 36.2 Å². The zero-order valence-corrected chi connectivity index (χ0v) is 13.2. The van der Waals surface area contributed by atoms with Gasteiger partial charge in [0.1, 0.15) is 0 Å². The van der Waals surface area contributed by atoms with Crippen LogP contribution in [-0.2, 0) is 6.42 Å². The zero-order valence-electron chi connectivity index (χ0n) is 13.2. The monoisotopic (exact) mass is 286 g/mol. The second-order valence-corrected chi connectivity index (χ2v) is 6.81. The summed E-state index contributed by atoms with van der Waals surface area (Å²) in [7, 11) is 0. The minimum Gasteiger partial charge on any atom is -0.385 e. The number of hydrogen-bond acceptors (Lipinski definition) is 2. The third-order valence-electron chi connectivity index (χ3n) is 4.49. The molecule has 3 nitrogen and oxygen atoms in total. The summed E-state index contributed by atoms with van der Waals surface area (Å²) in [6.45, 7) is 6.39. The molecule has 1 aromatic carbocycles. The summed E-state index contributed by atoms with van der Waals surface area (Å²) < 4.78 is 0. The van der Waals surface area contributed by atoms with Crippen molar-refractivity contribution in [1.82, 2.24) is 4.90 Å². The van der Waals surface area contributed by atoms with Crippen molar-refractivity contribution in [2.75, 3.05) is 18.4 Å². The highest BCUT2D eigenvalue weighted by Gasteiger charge is 2.33. The fraction of sp³-hybridized carbons (Fsp3) is 0.611. The zero-order chi connectivity index (χ0) is 14.8. The topological polar surface area (TPSA) is 32.3 Å². The van der Waals surface area contributed by atoms with Crippen LogP contribution in [0.25, 0.3) is 0 Å². The lowest BCUT2D eigenvalue weighted by Crippen LogP contribution is -2.34. The fourth-order valence-electron chi connectivity index (χ4n) is 3.01. The predicted octanol–water partition coefficient (Wildman–Crippen LogP) is 3.70. The van der Waals surface area contributed by atoms with Gasteiger partial charge in [-0.3, -0.25) is 4.79 Å². The van der Waals surface area contributed by atoms with Crippen LogP contribution in [0.2, 0.25) is 0 Å². The molecule has 0 unspecified atom stereocenters. The fourth-order valence-corrected chi connectivity index (χ4v) is 3.01. The average molecular weight is 286 g/mol. The first-order valence-electron chi connectivity index (χ1n) is 8.33. The number of rotatable bonds is 5. The molecule has 1 aliphatic heterocycles. The first-order valence-corrected chi connectivity index (χ1v) is 8.33. The van der Waals surface area contributed by atoms with Crippen molar-refractivity contribution in [3.05, 3.63) is 29.3 Å². The molecule has 0 radical (unpaired) electrons. The predicted molar refractivity (Wildman–Crippen MR) is 86.8 cm³/mol. The Balaban J connectivity index is 1.75. The number of amides is 1. The Labute approximate surface area is 127 Å². The number of hydrogen-bond donors (Lipinski definition) is 1. The van der Waals surface area contributed by atoms with Crippen LogP contribution in [0.4, 0.5) is 5.69 Å². The van der Waals surface area contributed by atoms with Gasteiger partial charge in [-0.2, -0.15) is 0 Å². The van der Waals surface area contributed by atoms with Gasteiger partial charge in [-0.15, -0.1) is 0 Å². The van der Waals surface area contributed by atoms with Crippen LogP contribution >= 0.6 is 0 Å². The summed E-state index contributed by atoms with van der Waals surface area (Å²) in [5.74, 6) is 0.873. The highest BCUT2D eigenvalue weighted by molar-refractivity contribution is 5.95. The summed E-state index contributed by atoms with van der Waals surface area (Å²) in [6.07, 6.45) is 5.69. The Bertz CT molecular complexity index is 520. The number of fused-ring (bicyclic) bond motifs is 1. The standard InChI is InChI=1S/C18H26N2O/c1-13(2)9-11-20(16-6-7-16)18(21)15-5-8-17-14(12-15)4-3-10-19-17/h5,8,12-13,16,19H,3-4,6-7,9-11H2,1-2H3. The molecule has 0 saturated heterocycles. The molecule has 2 aliphatic rings. The number of nitrogens with zero attached hydrogens (tertiary/aromatic N) is 1. The maximum absolute atomic E-state index is 12.8. The minimum atomic E-state index is 0.228.